The van der Waals surface area contributed by atoms with Gasteiger partial charge in [0.05, 0.1) is 24.5 Å². The molecule has 1 aliphatic heterocycles. The van der Waals surface area contributed by atoms with Crippen molar-refractivity contribution in [2.75, 3.05) is 26.1 Å². The highest BCUT2D eigenvalue weighted by atomic mass is 32.1. The molecule has 3 heterocycles. The molecule has 10 heteroatoms. The van der Waals surface area contributed by atoms with Gasteiger partial charge in [0.2, 0.25) is 5.91 Å². The number of likely N-dealkylation sites (tertiary alicyclic amines) is 1. The number of thiophene rings is 1. The number of methoxy groups -OCH3 is 2. The van der Waals surface area contributed by atoms with Gasteiger partial charge in [-0.25, -0.2) is 9.97 Å². The van der Waals surface area contributed by atoms with E-state index in [4.69, 9.17) is 15.2 Å². The summed E-state index contributed by atoms with van der Waals surface area (Å²) in [6, 6.07) is 5.12. The fraction of sp³-hybridized carbons (Fsp3) is 0.364. The van der Waals surface area contributed by atoms with Gasteiger partial charge in [-0.15, -0.1) is 11.3 Å². The van der Waals surface area contributed by atoms with E-state index in [-0.39, 0.29) is 5.91 Å². The molecule has 1 fully saturated rings. The monoisotopic (exact) mass is 455 g/mol. The fourth-order valence-corrected chi connectivity index (χ4v) is 5.22. The zero-order chi connectivity index (χ0) is 22.8. The zero-order valence-electron chi connectivity index (χ0n) is 18.2. The number of nitrogens with zero attached hydrogens (tertiary/aromatic N) is 3. The average molecular weight is 456 g/mol. The highest BCUT2D eigenvalue weighted by Crippen LogP contribution is 2.36. The fourth-order valence-electron chi connectivity index (χ4n) is 4.12. The van der Waals surface area contributed by atoms with Crippen LogP contribution in [0.3, 0.4) is 0 Å². The van der Waals surface area contributed by atoms with Crippen molar-refractivity contribution in [3.8, 4) is 11.5 Å². The molecule has 1 aromatic carbocycles. The van der Waals surface area contributed by atoms with Gasteiger partial charge in [0.1, 0.15) is 23.0 Å². The summed E-state index contributed by atoms with van der Waals surface area (Å²) in [5, 5.41) is 4.13. The molecule has 3 aromatic rings. The summed E-state index contributed by atoms with van der Waals surface area (Å²) in [6.45, 7) is 2.84. The number of fused-ring (bicyclic) bond motifs is 1. The van der Waals surface area contributed by atoms with Gasteiger partial charge in [-0.3, -0.25) is 9.59 Å². The molecule has 168 valence electrons. The number of nitrogens with one attached hydrogen (secondary N) is 1. The second-order valence-electron chi connectivity index (χ2n) is 7.52. The molecule has 32 heavy (non-hydrogen) atoms. The van der Waals surface area contributed by atoms with E-state index in [0.29, 0.717) is 46.5 Å². The Kier molecular flexibility index (Phi) is 6.13. The number of carbonyl (C=O) groups excluding carboxylic acids is 2. The maximum absolute atomic E-state index is 13.2. The third kappa shape index (κ3) is 3.81. The summed E-state index contributed by atoms with van der Waals surface area (Å²) in [5.74, 6) is 1.27. The first-order chi connectivity index (χ1) is 15.5. The molecule has 4 rings (SSSR count). The molecule has 9 nitrogen and oxygen atoms in total. The van der Waals surface area contributed by atoms with Crippen LogP contribution in [0.25, 0.3) is 10.2 Å². The van der Waals surface area contributed by atoms with Gasteiger partial charge in [0.25, 0.3) is 5.91 Å². The first-order valence-electron chi connectivity index (χ1n) is 10.2. The van der Waals surface area contributed by atoms with E-state index in [1.54, 1.807) is 19.1 Å². The summed E-state index contributed by atoms with van der Waals surface area (Å²) in [4.78, 5) is 36.6. The molecule has 1 atom stereocenters. The van der Waals surface area contributed by atoms with E-state index in [0.717, 1.165) is 22.9 Å². The summed E-state index contributed by atoms with van der Waals surface area (Å²) in [6.07, 6.45) is 2.83. The number of rotatable bonds is 7. The summed E-state index contributed by atoms with van der Waals surface area (Å²) in [5.41, 5.74) is 7.19. The lowest BCUT2D eigenvalue weighted by Gasteiger charge is -2.21. The number of nitrogens with two attached hydrogens (primary N) is 1. The lowest BCUT2D eigenvalue weighted by Crippen LogP contribution is -2.43. The maximum Gasteiger partial charge on any atom is 0.264 e. The SMILES string of the molecule is COc1cccc(CNc2ncnc3sc(C(=O)N4CCC[C@H]4C(N)=O)c(C)c23)c1OC. The van der Waals surface area contributed by atoms with E-state index >= 15 is 0 Å². The molecule has 2 aromatic heterocycles. The largest absolute Gasteiger partial charge is 0.493 e. The lowest BCUT2D eigenvalue weighted by atomic mass is 10.1. The highest BCUT2D eigenvalue weighted by Gasteiger charge is 2.35. The Balaban J connectivity index is 1.65. The number of hydrogen-bond acceptors (Lipinski definition) is 8. The van der Waals surface area contributed by atoms with E-state index in [2.05, 4.69) is 15.3 Å². The predicted octanol–water partition coefficient (Wildman–Crippen LogP) is 2.72. The minimum Gasteiger partial charge on any atom is -0.493 e. The van der Waals surface area contributed by atoms with Gasteiger partial charge < -0.3 is 25.4 Å². The standard InChI is InChI=1S/C22H25N5O4S/c1-12-16-20(24-10-13-6-4-8-15(30-2)17(13)31-3)25-11-26-21(16)32-18(12)22(29)27-9-5-7-14(27)19(23)28/h4,6,8,11,14H,5,7,9-10H2,1-3H3,(H2,23,28)(H,24,25,26)/t14-/m0/s1. The van der Waals surface area contributed by atoms with Crippen LogP contribution in [0.1, 0.15) is 33.6 Å². The van der Waals surface area contributed by atoms with Crippen LogP contribution in [0.5, 0.6) is 11.5 Å². The number of benzene rings is 1. The van der Waals surface area contributed by atoms with Crippen LogP contribution in [0, 0.1) is 6.92 Å². The maximum atomic E-state index is 13.2. The summed E-state index contributed by atoms with van der Waals surface area (Å²) < 4.78 is 10.9. The quantitative estimate of drug-likeness (QED) is 0.562. The molecular weight excluding hydrogens is 430 g/mol. The van der Waals surface area contributed by atoms with Crippen LogP contribution < -0.4 is 20.5 Å². The van der Waals surface area contributed by atoms with Crippen molar-refractivity contribution in [2.45, 2.75) is 32.4 Å². The molecule has 1 saturated heterocycles. The van der Waals surface area contributed by atoms with Gasteiger partial charge in [-0.2, -0.15) is 0 Å². The Morgan fingerprint density at radius 2 is 2.09 bits per heavy atom. The van der Waals surface area contributed by atoms with Crippen LogP contribution in [-0.2, 0) is 11.3 Å². The van der Waals surface area contributed by atoms with Gasteiger partial charge in [0, 0.05) is 18.7 Å². The molecule has 0 bridgehead atoms. The Morgan fingerprint density at radius 1 is 1.28 bits per heavy atom. The zero-order valence-corrected chi connectivity index (χ0v) is 19.0. The lowest BCUT2D eigenvalue weighted by molar-refractivity contribution is -0.121. The van der Waals surface area contributed by atoms with Gasteiger partial charge >= 0.3 is 0 Å². The normalized spacial score (nSPS) is 15.7. The van der Waals surface area contributed by atoms with Crippen molar-refractivity contribution in [1.82, 2.24) is 14.9 Å². The van der Waals surface area contributed by atoms with Crippen LogP contribution in [0.15, 0.2) is 24.5 Å². The number of primary amides is 1. The Morgan fingerprint density at radius 3 is 2.81 bits per heavy atom. The van der Waals surface area contributed by atoms with Crippen LogP contribution in [-0.4, -0.2) is 53.5 Å². The second-order valence-corrected chi connectivity index (χ2v) is 8.52. The highest BCUT2D eigenvalue weighted by molar-refractivity contribution is 7.20. The number of amides is 2. The predicted molar refractivity (Wildman–Crippen MR) is 122 cm³/mol. The molecule has 0 saturated carbocycles. The molecule has 0 aliphatic carbocycles. The van der Waals surface area contributed by atoms with Crippen LogP contribution in [0.4, 0.5) is 5.82 Å². The van der Waals surface area contributed by atoms with Gasteiger partial charge in [-0.05, 0) is 31.4 Å². The third-order valence-corrected chi connectivity index (χ3v) is 6.88. The molecule has 3 N–H and O–H groups in total. The van der Waals surface area contributed by atoms with E-state index in [1.165, 1.54) is 17.7 Å². The van der Waals surface area contributed by atoms with Crippen molar-refractivity contribution in [3.05, 3.63) is 40.5 Å². The molecule has 2 amide bonds. The molecular formula is C22H25N5O4S. The molecule has 0 unspecified atom stereocenters. The van der Waals surface area contributed by atoms with E-state index < -0.39 is 11.9 Å². The van der Waals surface area contributed by atoms with Crippen molar-refractivity contribution in [1.29, 1.82) is 0 Å². The first kappa shape index (κ1) is 21.8. The Bertz CT molecular complexity index is 1180. The van der Waals surface area contributed by atoms with E-state index in [9.17, 15) is 9.59 Å². The van der Waals surface area contributed by atoms with Crippen molar-refractivity contribution < 1.29 is 19.1 Å². The van der Waals surface area contributed by atoms with Crippen molar-refractivity contribution in [2.24, 2.45) is 5.73 Å². The summed E-state index contributed by atoms with van der Waals surface area (Å²) in [7, 11) is 3.20. The topological polar surface area (TPSA) is 120 Å². The minimum absolute atomic E-state index is 0.188. The van der Waals surface area contributed by atoms with E-state index in [1.807, 2.05) is 25.1 Å². The average Bonchev–Trinajstić information content (AvgIpc) is 3.42. The molecule has 1 aliphatic rings. The second kappa shape index (κ2) is 8.99. The molecule has 0 spiro atoms. The number of hydrogen-bond donors (Lipinski definition) is 2. The Labute approximate surface area is 189 Å². The number of para-hydroxylation sites is 1. The number of anilines is 1. The number of ether oxygens (including phenoxy) is 2. The smallest absolute Gasteiger partial charge is 0.264 e. The Hall–Kier alpha value is -3.40. The van der Waals surface area contributed by atoms with Crippen LogP contribution >= 0.6 is 11.3 Å². The van der Waals surface area contributed by atoms with Crippen LogP contribution in [0.2, 0.25) is 0 Å². The number of aryl methyl sites for hydroxylation is 1. The van der Waals surface area contributed by atoms with Crippen molar-refractivity contribution in [3.63, 3.8) is 0 Å². The minimum atomic E-state index is -0.559. The number of aromatic nitrogens is 2. The van der Waals surface area contributed by atoms with Gasteiger partial charge in [-0.1, -0.05) is 12.1 Å². The van der Waals surface area contributed by atoms with Gasteiger partial charge in [0.15, 0.2) is 11.5 Å². The first-order valence-corrected chi connectivity index (χ1v) is 11.1. The third-order valence-electron chi connectivity index (χ3n) is 5.69. The summed E-state index contributed by atoms with van der Waals surface area (Å²) >= 11 is 1.30. The van der Waals surface area contributed by atoms with Crippen molar-refractivity contribution >= 4 is 39.2 Å². The number of carbonyl (C=O) groups is 2. The molecule has 0 radical (unpaired) electrons.